The van der Waals surface area contributed by atoms with Gasteiger partial charge in [0, 0.05) is 6.54 Å². The smallest absolute Gasteiger partial charge is 0.123 e. The van der Waals surface area contributed by atoms with Crippen LogP contribution in [0.3, 0.4) is 0 Å². The number of hydrogen-bond donors (Lipinski definition) is 1. The van der Waals surface area contributed by atoms with Gasteiger partial charge in [-0.15, -0.1) is 12.4 Å². The van der Waals surface area contributed by atoms with Crippen LogP contribution in [0.15, 0.2) is 18.2 Å². The second-order valence-electron chi connectivity index (χ2n) is 3.83. The van der Waals surface area contributed by atoms with Gasteiger partial charge in [0.25, 0.3) is 0 Å². The van der Waals surface area contributed by atoms with Crippen molar-refractivity contribution in [3.05, 3.63) is 29.3 Å². The normalized spacial score (nSPS) is 9.93. The molecule has 0 heterocycles. The molecule has 0 aliphatic carbocycles. The molecule has 2 N–H and O–H groups in total. The molecule has 86 valence electrons. The lowest BCUT2D eigenvalue weighted by Crippen LogP contribution is -2.11. The predicted molar refractivity (Wildman–Crippen MR) is 67.1 cm³/mol. The highest BCUT2D eigenvalue weighted by atomic mass is 35.5. The molecule has 0 spiro atoms. The van der Waals surface area contributed by atoms with E-state index in [-0.39, 0.29) is 12.4 Å². The Kier molecular flexibility index (Phi) is 6.37. The van der Waals surface area contributed by atoms with Crippen molar-refractivity contribution >= 4 is 12.4 Å². The number of aryl methyl sites for hydroxylation is 1. The Morgan fingerprint density at radius 3 is 2.53 bits per heavy atom. The SMILES string of the molecule is Cc1ccc(C(C)C)c(OCCN)c1.Cl. The number of halogens is 1. The zero-order chi connectivity index (χ0) is 10.6. The van der Waals surface area contributed by atoms with Crippen molar-refractivity contribution in [1.82, 2.24) is 0 Å². The molecule has 2 nitrogen and oxygen atoms in total. The molecular weight excluding hydrogens is 210 g/mol. The van der Waals surface area contributed by atoms with Crippen molar-refractivity contribution in [2.75, 3.05) is 13.2 Å². The van der Waals surface area contributed by atoms with Crippen molar-refractivity contribution in [3.8, 4) is 5.75 Å². The average molecular weight is 230 g/mol. The van der Waals surface area contributed by atoms with E-state index >= 15 is 0 Å². The molecule has 15 heavy (non-hydrogen) atoms. The van der Waals surface area contributed by atoms with Gasteiger partial charge in [-0.25, -0.2) is 0 Å². The van der Waals surface area contributed by atoms with Gasteiger partial charge >= 0.3 is 0 Å². The predicted octanol–water partition coefficient (Wildman–Crippen LogP) is 2.88. The maximum absolute atomic E-state index is 5.60. The van der Waals surface area contributed by atoms with E-state index in [1.807, 2.05) is 0 Å². The molecule has 1 aromatic rings. The first-order valence-corrected chi connectivity index (χ1v) is 5.08. The van der Waals surface area contributed by atoms with Gasteiger partial charge in [-0.3, -0.25) is 0 Å². The van der Waals surface area contributed by atoms with E-state index in [9.17, 15) is 0 Å². The first kappa shape index (κ1) is 14.3. The third kappa shape index (κ3) is 4.10. The van der Waals surface area contributed by atoms with Crippen LogP contribution in [-0.2, 0) is 0 Å². The highest BCUT2D eigenvalue weighted by Crippen LogP contribution is 2.27. The van der Waals surface area contributed by atoms with Crippen LogP contribution >= 0.6 is 12.4 Å². The van der Waals surface area contributed by atoms with Crippen LogP contribution in [0.1, 0.15) is 30.9 Å². The summed E-state index contributed by atoms with van der Waals surface area (Å²) in [6.07, 6.45) is 0. The lowest BCUT2D eigenvalue weighted by atomic mass is 10.0. The topological polar surface area (TPSA) is 35.2 Å². The van der Waals surface area contributed by atoms with E-state index < -0.39 is 0 Å². The molecule has 0 bridgehead atoms. The van der Waals surface area contributed by atoms with Crippen LogP contribution in [0, 0.1) is 6.92 Å². The summed E-state index contributed by atoms with van der Waals surface area (Å²) < 4.78 is 5.60. The van der Waals surface area contributed by atoms with E-state index in [2.05, 4.69) is 39.0 Å². The Morgan fingerprint density at radius 2 is 2.00 bits per heavy atom. The van der Waals surface area contributed by atoms with Crippen molar-refractivity contribution in [1.29, 1.82) is 0 Å². The molecule has 0 fully saturated rings. The van der Waals surface area contributed by atoms with Crippen LogP contribution < -0.4 is 10.5 Å². The van der Waals surface area contributed by atoms with Crippen molar-refractivity contribution in [2.45, 2.75) is 26.7 Å². The third-order valence-corrected chi connectivity index (χ3v) is 2.17. The van der Waals surface area contributed by atoms with Gasteiger partial charge in [-0.2, -0.15) is 0 Å². The van der Waals surface area contributed by atoms with Gasteiger partial charge in [0.05, 0.1) is 0 Å². The molecule has 0 aliphatic heterocycles. The first-order chi connectivity index (χ1) is 6.65. The molecule has 0 unspecified atom stereocenters. The molecule has 0 saturated carbocycles. The molecule has 0 aromatic heterocycles. The second kappa shape index (κ2) is 6.70. The van der Waals surface area contributed by atoms with Crippen LogP contribution in [0.4, 0.5) is 0 Å². The summed E-state index contributed by atoms with van der Waals surface area (Å²) in [5.74, 6) is 1.47. The molecule has 0 saturated heterocycles. The molecule has 1 rings (SSSR count). The minimum absolute atomic E-state index is 0. The molecule has 0 atom stereocenters. The van der Waals surface area contributed by atoms with Gasteiger partial charge in [0.1, 0.15) is 12.4 Å². The van der Waals surface area contributed by atoms with Crippen LogP contribution in [-0.4, -0.2) is 13.2 Å². The summed E-state index contributed by atoms with van der Waals surface area (Å²) >= 11 is 0. The highest BCUT2D eigenvalue weighted by molar-refractivity contribution is 5.85. The Labute approximate surface area is 98.2 Å². The van der Waals surface area contributed by atoms with Gasteiger partial charge in [-0.1, -0.05) is 26.0 Å². The summed E-state index contributed by atoms with van der Waals surface area (Å²) in [6, 6.07) is 6.32. The number of ether oxygens (including phenoxy) is 1. The van der Waals surface area contributed by atoms with E-state index in [0.29, 0.717) is 19.1 Å². The maximum atomic E-state index is 5.60. The van der Waals surface area contributed by atoms with Gasteiger partial charge in [0.2, 0.25) is 0 Å². The summed E-state index contributed by atoms with van der Waals surface area (Å²) in [5.41, 5.74) is 7.89. The summed E-state index contributed by atoms with van der Waals surface area (Å²) in [5, 5.41) is 0. The Morgan fingerprint density at radius 1 is 1.33 bits per heavy atom. The average Bonchev–Trinajstić information content (AvgIpc) is 2.14. The second-order valence-corrected chi connectivity index (χ2v) is 3.83. The van der Waals surface area contributed by atoms with E-state index in [1.54, 1.807) is 0 Å². The van der Waals surface area contributed by atoms with Crippen LogP contribution in [0.2, 0.25) is 0 Å². The fraction of sp³-hybridized carbons (Fsp3) is 0.500. The molecule has 0 radical (unpaired) electrons. The first-order valence-electron chi connectivity index (χ1n) is 5.08. The van der Waals surface area contributed by atoms with Crippen molar-refractivity contribution < 1.29 is 4.74 Å². The van der Waals surface area contributed by atoms with Crippen molar-refractivity contribution in [3.63, 3.8) is 0 Å². The highest BCUT2D eigenvalue weighted by Gasteiger charge is 2.07. The van der Waals surface area contributed by atoms with E-state index in [4.69, 9.17) is 10.5 Å². The van der Waals surface area contributed by atoms with E-state index in [1.165, 1.54) is 11.1 Å². The minimum Gasteiger partial charge on any atom is -0.492 e. The zero-order valence-corrected chi connectivity index (χ0v) is 10.4. The lowest BCUT2D eigenvalue weighted by molar-refractivity contribution is 0.323. The number of hydrogen-bond acceptors (Lipinski definition) is 2. The summed E-state index contributed by atoms with van der Waals surface area (Å²) in [7, 11) is 0. The summed E-state index contributed by atoms with van der Waals surface area (Å²) in [6.45, 7) is 7.55. The number of benzene rings is 1. The largest absolute Gasteiger partial charge is 0.492 e. The Balaban J connectivity index is 0.00000196. The van der Waals surface area contributed by atoms with E-state index in [0.717, 1.165) is 5.75 Å². The number of rotatable bonds is 4. The molecule has 1 aromatic carbocycles. The minimum atomic E-state index is 0. The maximum Gasteiger partial charge on any atom is 0.123 e. The quantitative estimate of drug-likeness (QED) is 0.862. The Hall–Kier alpha value is -0.730. The Bertz CT molecular complexity index is 300. The number of nitrogens with two attached hydrogens (primary N) is 1. The molecule has 3 heteroatoms. The standard InChI is InChI=1S/C12H19NO.ClH/c1-9(2)11-5-4-10(3)8-12(11)14-7-6-13;/h4-5,8-9H,6-7,13H2,1-3H3;1H. The van der Waals surface area contributed by atoms with Gasteiger partial charge in [-0.05, 0) is 30.0 Å². The van der Waals surface area contributed by atoms with Crippen LogP contribution in [0.25, 0.3) is 0 Å². The third-order valence-electron chi connectivity index (χ3n) is 2.17. The molecule has 0 aliphatic rings. The monoisotopic (exact) mass is 229 g/mol. The van der Waals surface area contributed by atoms with Gasteiger partial charge < -0.3 is 10.5 Å². The van der Waals surface area contributed by atoms with Gasteiger partial charge in [0.15, 0.2) is 0 Å². The fourth-order valence-corrected chi connectivity index (χ4v) is 1.41. The molecular formula is C12H20ClNO. The van der Waals surface area contributed by atoms with Crippen molar-refractivity contribution in [2.24, 2.45) is 5.73 Å². The zero-order valence-electron chi connectivity index (χ0n) is 9.62. The lowest BCUT2D eigenvalue weighted by Gasteiger charge is -2.14. The molecule has 0 amide bonds. The fourth-order valence-electron chi connectivity index (χ4n) is 1.41. The summed E-state index contributed by atoms with van der Waals surface area (Å²) in [4.78, 5) is 0. The van der Waals surface area contributed by atoms with Crippen LogP contribution in [0.5, 0.6) is 5.75 Å².